The fraction of sp³-hybridized carbons (Fsp3) is 0.833. The van der Waals surface area contributed by atoms with Crippen molar-refractivity contribution in [2.45, 2.75) is 45.8 Å². The van der Waals surface area contributed by atoms with Crippen molar-refractivity contribution < 1.29 is 28.3 Å². The van der Waals surface area contributed by atoms with Gasteiger partial charge in [0.1, 0.15) is 0 Å². The van der Waals surface area contributed by atoms with Crippen LogP contribution in [0.3, 0.4) is 0 Å². The van der Waals surface area contributed by atoms with E-state index < -0.39 is 5.79 Å². The molecule has 0 aromatic heterocycles. The Labute approximate surface area is 105 Å². The van der Waals surface area contributed by atoms with Crippen molar-refractivity contribution in [2.75, 3.05) is 13.2 Å². The Bertz CT molecular complexity index is 248. The minimum Gasteiger partial charge on any atom is -0.432 e. The van der Waals surface area contributed by atoms with Gasteiger partial charge in [-0.05, 0) is 0 Å². The van der Waals surface area contributed by atoms with Crippen LogP contribution < -0.4 is 18.9 Å². The van der Waals surface area contributed by atoms with Gasteiger partial charge in [0.2, 0.25) is 0 Å². The molecule has 0 atom stereocenters. The largest absolute Gasteiger partial charge is 1.00 e. The van der Waals surface area contributed by atoms with E-state index in [1.807, 2.05) is 0 Å². The Morgan fingerprint density at radius 2 is 1.87 bits per heavy atom. The van der Waals surface area contributed by atoms with Crippen LogP contribution in [0.1, 0.15) is 40.0 Å². The molecule has 1 heterocycles. The molecule has 2 rings (SSSR count). The van der Waals surface area contributed by atoms with E-state index in [4.69, 9.17) is 9.47 Å². The average molecular weight is 202 g/mol. The van der Waals surface area contributed by atoms with E-state index in [1.165, 1.54) is 18.4 Å². The standard InChI is InChI=1S/C12H19O2.Li/c1-4-5-6-10-7-12(10)13-8-11(2,3)9-14-12;/h4-6,8-9H2,1-3H3;/q-1;+1. The van der Waals surface area contributed by atoms with Gasteiger partial charge >= 0.3 is 18.9 Å². The minimum atomic E-state index is -0.481. The van der Waals surface area contributed by atoms with Crippen LogP contribution in [0.2, 0.25) is 0 Å². The third kappa shape index (κ3) is 2.88. The molecule has 0 N–H and O–H groups in total. The maximum atomic E-state index is 5.73. The third-order valence-corrected chi connectivity index (χ3v) is 2.76. The summed E-state index contributed by atoms with van der Waals surface area (Å²) in [5.74, 6) is -0.481. The first-order valence-electron chi connectivity index (χ1n) is 5.50. The van der Waals surface area contributed by atoms with E-state index in [0.29, 0.717) is 0 Å². The number of ether oxygens (including phenoxy) is 2. The Balaban J connectivity index is 0.00000112. The second-order valence-electron chi connectivity index (χ2n) is 5.07. The molecule has 1 saturated heterocycles. The van der Waals surface area contributed by atoms with E-state index >= 15 is 0 Å². The molecule has 0 radical (unpaired) electrons. The smallest absolute Gasteiger partial charge is 0.432 e. The van der Waals surface area contributed by atoms with Gasteiger partial charge < -0.3 is 15.5 Å². The van der Waals surface area contributed by atoms with Crippen LogP contribution in [0.15, 0.2) is 5.57 Å². The van der Waals surface area contributed by atoms with Crippen molar-refractivity contribution in [3.63, 3.8) is 0 Å². The van der Waals surface area contributed by atoms with Gasteiger partial charge in [0, 0.05) is 11.2 Å². The number of hydrogen-bond donors (Lipinski definition) is 0. The second-order valence-corrected chi connectivity index (χ2v) is 5.07. The quantitative estimate of drug-likeness (QED) is 0.462. The molecule has 0 aromatic carbocycles. The summed E-state index contributed by atoms with van der Waals surface area (Å²) in [6, 6.07) is 0. The molecule has 1 aliphatic carbocycles. The van der Waals surface area contributed by atoms with Crippen LogP contribution in [-0.2, 0) is 9.47 Å². The zero-order valence-corrected chi connectivity index (χ0v) is 10.4. The summed E-state index contributed by atoms with van der Waals surface area (Å²) in [6.07, 6.45) is 6.73. The van der Waals surface area contributed by atoms with Gasteiger partial charge in [-0.3, -0.25) is 0 Å². The van der Waals surface area contributed by atoms with Gasteiger partial charge in [-0.25, -0.2) is 5.57 Å². The van der Waals surface area contributed by atoms with Crippen molar-refractivity contribution >= 4 is 0 Å². The first-order valence-corrected chi connectivity index (χ1v) is 5.50. The predicted octanol–water partition coefficient (Wildman–Crippen LogP) is -0.307. The molecular formula is C12H19LiO2. The minimum absolute atomic E-state index is 0. The van der Waals surface area contributed by atoms with Crippen LogP contribution in [0.25, 0.3) is 0 Å². The first-order chi connectivity index (χ1) is 6.58. The Kier molecular flexibility index (Phi) is 4.11. The summed E-state index contributed by atoms with van der Waals surface area (Å²) >= 11 is 0. The fourth-order valence-corrected chi connectivity index (χ4v) is 1.67. The molecule has 0 amide bonds. The van der Waals surface area contributed by atoms with Crippen LogP contribution in [0.4, 0.5) is 0 Å². The van der Waals surface area contributed by atoms with Crippen LogP contribution in [-0.4, -0.2) is 19.0 Å². The second kappa shape index (κ2) is 4.63. The average Bonchev–Trinajstić information content (AvgIpc) is 2.82. The molecule has 1 fully saturated rings. The van der Waals surface area contributed by atoms with Gasteiger partial charge in [0.05, 0.1) is 13.2 Å². The van der Waals surface area contributed by atoms with Crippen LogP contribution >= 0.6 is 0 Å². The van der Waals surface area contributed by atoms with Crippen LogP contribution in [0, 0.1) is 11.5 Å². The summed E-state index contributed by atoms with van der Waals surface area (Å²) < 4.78 is 11.5. The first kappa shape index (κ1) is 13.3. The number of hydrogen-bond acceptors (Lipinski definition) is 2. The van der Waals surface area contributed by atoms with Crippen molar-refractivity contribution in [1.29, 1.82) is 0 Å². The van der Waals surface area contributed by atoms with Crippen molar-refractivity contribution in [2.24, 2.45) is 5.41 Å². The monoisotopic (exact) mass is 202 g/mol. The Hall–Kier alpha value is 0.257. The van der Waals surface area contributed by atoms with E-state index in [1.54, 1.807) is 0 Å². The molecule has 0 bridgehead atoms. The third-order valence-electron chi connectivity index (χ3n) is 2.76. The molecule has 3 heteroatoms. The zero-order valence-electron chi connectivity index (χ0n) is 10.4. The predicted molar refractivity (Wildman–Crippen MR) is 54.7 cm³/mol. The maximum Gasteiger partial charge on any atom is 1.00 e. The summed E-state index contributed by atoms with van der Waals surface area (Å²) in [4.78, 5) is 0. The van der Waals surface area contributed by atoms with E-state index in [2.05, 4.69) is 26.8 Å². The van der Waals surface area contributed by atoms with Gasteiger partial charge in [-0.15, -0.1) is 0 Å². The van der Waals surface area contributed by atoms with Crippen LogP contribution in [0.5, 0.6) is 0 Å². The normalized spacial score (nSPS) is 25.7. The van der Waals surface area contributed by atoms with Crippen molar-refractivity contribution in [3.8, 4) is 0 Å². The SMILES string of the molecule is CCCCC1=[C-]C12OCC(C)(C)CO2.[Li+]. The molecule has 0 unspecified atom stereocenters. The molecule has 0 aromatic rings. The molecule has 2 nitrogen and oxygen atoms in total. The molecule has 1 aliphatic heterocycles. The fourth-order valence-electron chi connectivity index (χ4n) is 1.67. The molecule has 0 saturated carbocycles. The van der Waals surface area contributed by atoms with E-state index in [-0.39, 0.29) is 24.3 Å². The Morgan fingerprint density at radius 3 is 2.40 bits per heavy atom. The summed E-state index contributed by atoms with van der Waals surface area (Å²) in [5.41, 5.74) is 1.39. The van der Waals surface area contributed by atoms with Gasteiger partial charge in [0.25, 0.3) is 0 Å². The van der Waals surface area contributed by atoms with Gasteiger partial charge in [0.15, 0.2) is 0 Å². The number of rotatable bonds is 3. The van der Waals surface area contributed by atoms with Crippen molar-refractivity contribution in [3.05, 3.63) is 11.6 Å². The van der Waals surface area contributed by atoms with Gasteiger partial charge in [-0.2, -0.15) is 0 Å². The van der Waals surface area contributed by atoms with E-state index in [9.17, 15) is 0 Å². The Morgan fingerprint density at radius 1 is 1.27 bits per heavy atom. The molecular weight excluding hydrogens is 183 g/mol. The maximum absolute atomic E-state index is 5.73. The topological polar surface area (TPSA) is 18.5 Å². The number of unbranched alkanes of at least 4 members (excludes halogenated alkanes) is 1. The van der Waals surface area contributed by atoms with Crippen molar-refractivity contribution in [1.82, 2.24) is 0 Å². The van der Waals surface area contributed by atoms with E-state index in [0.717, 1.165) is 19.6 Å². The van der Waals surface area contributed by atoms with Gasteiger partial charge in [-0.1, -0.05) is 40.0 Å². The summed E-state index contributed by atoms with van der Waals surface area (Å²) in [7, 11) is 0. The molecule has 2 aliphatic rings. The molecule has 1 spiro atoms. The zero-order chi connectivity index (χ0) is 10.2. The molecule has 80 valence electrons. The summed E-state index contributed by atoms with van der Waals surface area (Å²) in [6.45, 7) is 8.06. The summed E-state index contributed by atoms with van der Waals surface area (Å²) in [5, 5.41) is 0. The molecule has 15 heavy (non-hydrogen) atoms.